The van der Waals surface area contributed by atoms with Crippen molar-refractivity contribution in [2.24, 2.45) is 0 Å². The molecular formula is C12H20N4O3S. The second-order valence-corrected chi connectivity index (χ2v) is 7.35. The van der Waals surface area contributed by atoms with Crippen molar-refractivity contribution in [3.63, 3.8) is 0 Å². The van der Waals surface area contributed by atoms with Gasteiger partial charge in [0.1, 0.15) is 6.33 Å². The maximum absolute atomic E-state index is 11.6. The number of ether oxygens (including phenoxy) is 1. The molecule has 0 aliphatic carbocycles. The SMILES string of the molecule is CCNc1ncnc(NC2(C)CCS(=O)(=O)C2)c1OC. The Hall–Kier alpha value is -1.57. The van der Waals surface area contributed by atoms with E-state index in [1.165, 1.54) is 6.33 Å². The van der Waals surface area contributed by atoms with Gasteiger partial charge in [-0.15, -0.1) is 0 Å². The van der Waals surface area contributed by atoms with Crippen molar-refractivity contribution < 1.29 is 13.2 Å². The molecule has 0 aromatic carbocycles. The number of nitrogens with zero attached hydrogens (tertiary/aromatic N) is 2. The zero-order chi connectivity index (χ0) is 14.8. The van der Waals surface area contributed by atoms with Gasteiger partial charge < -0.3 is 15.4 Å². The molecule has 1 fully saturated rings. The molecule has 1 aromatic heterocycles. The summed E-state index contributed by atoms with van der Waals surface area (Å²) in [6, 6.07) is 0. The number of sulfone groups is 1. The van der Waals surface area contributed by atoms with Crippen molar-refractivity contribution in [3.05, 3.63) is 6.33 Å². The van der Waals surface area contributed by atoms with Crippen LogP contribution in [0, 0.1) is 0 Å². The van der Waals surface area contributed by atoms with Gasteiger partial charge in [0.2, 0.25) is 5.75 Å². The molecule has 0 saturated carbocycles. The van der Waals surface area contributed by atoms with Gasteiger partial charge in [-0.05, 0) is 20.3 Å². The standard InChI is InChI=1S/C12H20N4O3S/c1-4-13-10-9(19-3)11(15-8-14-10)16-12(2)5-6-20(17,18)7-12/h8H,4-7H2,1-3H3,(H2,13,14,15,16). The summed E-state index contributed by atoms with van der Waals surface area (Å²) in [4.78, 5) is 8.29. The first-order valence-corrected chi connectivity index (χ1v) is 8.33. The molecule has 1 atom stereocenters. The summed E-state index contributed by atoms with van der Waals surface area (Å²) in [5.74, 6) is 1.91. The largest absolute Gasteiger partial charge is 0.490 e. The molecule has 0 amide bonds. The Bertz CT molecular complexity index is 590. The van der Waals surface area contributed by atoms with Gasteiger partial charge in [0.25, 0.3) is 0 Å². The van der Waals surface area contributed by atoms with E-state index in [1.54, 1.807) is 7.11 Å². The second-order valence-electron chi connectivity index (χ2n) is 5.16. The fourth-order valence-electron chi connectivity index (χ4n) is 2.34. The first-order chi connectivity index (χ1) is 9.39. The zero-order valence-corrected chi connectivity index (χ0v) is 12.7. The minimum Gasteiger partial charge on any atom is -0.490 e. The topological polar surface area (TPSA) is 93.2 Å². The zero-order valence-electron chi connectivity index (χ0n) is 11.9. The summed E-state index contributed by atoms with van der Waals surface area (Å²) >= 11 is 0. The van der Waals surface area contributed by atoms with Gasteiger partial charge in [-0.2, -0.15) is 0 Å². The van der Waals surface area contributed by atoms with Gasteiger partial charge in [0.15, 0.2) is 21.5 Å². The lowest BCUT2D eigenvalue weighted by Crippen LogP contribution is -2.36. The Balaban J connectivity index is 2.27. The van der Waals surface area contributed by atoms with Crippen LogP contribution in [0.2, 0.25) is 0 Å². The average molecular weight is 300 g/mol. The summed E-state index contributed by atoms with van der Waals surface area (Å²) in [5, 5.41) is 6.28. The molecule has 7 nitrogen and oxygen atoms in total. The third kappa shape index (κ3) is 3.12. The van der Waals surface area contributed by atoms with E-state index in [9.17, 15) is 8.42 Å². The van der Waals surface area contributed by atoms with Crippen LogP contribution in [-0.2, 0) is 9.84 Å². The molecule has 2 N–H and O–H groups in total. The summed E-state index contributed by atoms with van der Waals surface area (Å²) in [7, 11) is -1.44. The van der Waals surface area contributed by atoms with Crippen LogP contribution in [0.5, 0.6) is 5.75 Å². The van der Waals surface area contributed by atoms with E-state index in [0.29, 0.717) is 30.4 Å². The van der Waals surface area contributed by atoms with Crippen LogP contribution in [-0.4, -0.2) is 49.1 Å². The molecule has 2 rings (SSSR count). The highest BCUT2D eigenvalue weighted by atomic mass is 32.2. The first kappa shape index (κ1) is 14.8. The third-order valence-corrected chi connectivity index (χ3v) is 5.18. The van der Waals surface area contributed by atoms with Crippen molar-refractivity contribution >= 4 is 21.5 Å². The van der Waals surface area contributed by atoms with Crippen molar-refractivity contribution in [1.82, 2.24) is 9.97 Å². The van der Waals surface area contributed by atoms with Crippen molar-refractivity contribution in [1.29, 1.82) is 0 Å². The van der Waals surface area contributed by atoms with E-state index in [-0.39, 0.29) is 11.5 Å². The van der Waals surface area contributed by atoms with E-state index >= 15 is 0 Å². The number of nitrogens with one attached hydrogen (secondary N) is 2. The smallest absolute Gasteiger partial charge is 0.204 e. The molecule has 1 aliphatic rings. The van der Waals surface area contributed by atoms with Gasteiger partial charge in [-0.25, -0.2) is 18.4 Å². The van der Waals surface area contributed by atoms with Gasteiger partial charge >= 0.3 is 0 Å². The van der Waals surface area contributed by atoms with Gasteiger partial charge in [0.05, 0.1) is 24.2 Å². The normalized spacial score (nSPS) is 24.4. The quantitative estimate of drug-likeness (QED) is 0.834. The van der Waals surface area contributed by atoms with E-state index < -0.39 is 15.4 Å². The predicted octanol–water partition coefficient (Wildman–Crippen LogP) is 0.906. The molecule has 8 heteroatoms. The summed E-state index contributed by atoms with van der Waals surface area (Å²) in [6.07, 6.45) is 1.98. The van der Waals surface area contributed by atoms with Crippen molar-refractivity contribution in [2.45, 2.75) is 25.8 Å². The predicted molar refractivity (Wildman–Crippen MR) is 78.0 cm³/mol. The second kappa shape index (κ2) is 5.43. The van der Waals surface area contributed by atoms with E-state index in [4.69, 9.17) is 4.74 Å². The van der Waals surface area contributed by atoms with Gasteiger partial charge in [-0.1, -0.05) is 0 Å². The highest BCUT2D eigenvalue weighted by Crippen LogP contribution is 2.34. The fraction of sp³-hybridized carbons (Fsp3) is 0.667. The molecular weight excluding hydrogens is 280 g/mol. The van der Waals surface area contributed by atoms with E-state index in [1.807, 2.05) is 13.8 Å². The van der Waals surface area contributed by atoms with E-state index in [2.05, 4.69) is 20.6 Å². The summed E-state index contributed by atoms with van der Waals surface area (Å²) in [6.45, 7) is 4.55. The fourth-order valence-corrected chi connectivity index (χ4v) is 4.44. The molecule has 1 aliphatic heterocycles. The number of aromatic nitrogens is 2. The Labute approximate surface area is 119 Å². The number of hydrogen-bond donors (Lipinski definition) is 2. The van der Waals surface area contributed by atoms with E-state index in [0.717, 1.165) is 0 Å². The van der Waals surface area contributed by atoms with Crippen LogP contribution >= 0.6 is 0 Å². The van der Waals surface area contributed by atoms with Crippen LogP contribution < -0.4 is 15.4 Å². The lowest BCUT2D eigenvalue weighted by Gasteiger charge is -2.26. The molecule has 1 unspecified atom stereocenters. The Kier molecular flexibility index (Phi) is 4.03. The van der Waals surface area contributed by atoms with Crippen LogP contribution in [0.1, 0.15) is 20.3 Å². The number of rotatable bonds is 5. The number of anilines is 2. The first-order valence-electron chi connectivity index (χ1n) is 6.50. The number of methoxy groups -OCH3 is 1. The number of hydrogen-bond acceptors (Lipinski definition) is 7. The van der Waals surface area contributed by atoms with Crippen LogP contribution in [0.4, 0.5) is 11.6 Å². The molecule has 2 heterocycles. The van der Waals surface area contributed by atoms with Crippen molar-refractivity contribution in [3.8, 4) is 5.75 Å². The molecule has 0 bridgehead atoms. The maximum Gasteiger partial charge on any atom is 0.204 e. The highest BCUT2D eigenvalue weighted by molar-refractivity contribution is 7.91. The Morgan fingerprint density at radius 1 is 1.40 bits per heavy atom. The molecule has 1 saturated heterocycles. The molecule has 1 aromatic rings. The van der Waals surface area contributed by atoms with Crippen molar-refractivity contribution in [2.75, 3.05) is 35.8 Å². The molecule has 0 radical (unpaired) electrons. The molecule has 112 valence electrons. The lowest BCUT2D eigenvalue weighted by molar-refractivity contribution is 0.412. The molecule has 0 spiro atoms. The molecule has 20 heavy (non-hydrogen) atoms. The Morgan fingerprint density at radius 3 is 2.65 bits per heavy atom. The Morgan fingerprint density at radius 2 is 2.10 bits per heavy atom. The minimum absolute atomic E-state index is 0.101. The minimum atomic E-state index is -2.98. The van der Waals surface area contributed by atoms with Crippen LogP contribution in [0.3, 0.4) is 0 Å². The highest BCUT2D eigenvalue weighted by Gasteiger charge is 2.39. The van der Waals surface area contributed by atoms with Gasteiger partial charge in [0, 0.05) is 6.54 Å². The van der Waals surface area contributed by atoms with Gasteiger partial charge in [-0.3, -0.25) is 0 Å². The monoisotopic (exact) mass is 300 g/mol. The average Bonchev–Trinajstić information content (AvgIpc) is 2.64. The summed E-state index contributed by atoms with van der Waals surface area (Å²) < 4.78 is 28.6. The van der Waals surface area contributed by atoms with Crippen LogP contribution in [0.25, 0.3) is 0 Å². The maximum atomic E-state index is 11.6. The summed E-state index contributed by atoms with van der Waals surface area (Å²) in [5.41, 5.74) is -0.524. The third-order valence-electron chi connectivity index (χ3n) is 3.28. The lowest BCUT2D eigenvalue weighted by atomic mass is 10.0. The van der Waals surface area contributed by atoms with Crippen LogP contribution in [0.15, 0.2) is 6.33 Å².